The van der Waals surface area contributed by atoms with E-state index in [-0.39, 0.29) is 17.7 Å². The van der Waals surface area contributed by atoms with Crippen LogP contribution in [-0.2, 0) is 9.59 Å². The summed E-state index contributed by atoms with van der Waals surface area (Å²) in [4.78, 5) is 26.1. The Labute approximate surface area is 182 Å². The van der Waals surface area contributed by atoms with E-state index in [1.165, 1.54) is 0 Å². The van der Waals surface area contributed by atoms with E-state index in [1.807, 2.05) is 104 Å². The minimum absolute atomic E-state index is 0.277. The van der Waals surface area contributed by atoms with Gasteiger partial charge in [-0.05, 0) is 29.7 Å². The van der Waals surface area contributed by atoms with E-state index in [9.17, 15) is 14.7 Å². The third-order valence-electron chi connectivity index (χ3n) is 6.05. The van der Waals surface area contributed by atoms with E-state index in [2.05, 4.69) is 5.32 Å². The summed E-state index contributed by atoms with van der Waals surface area (Å²) in [6.45, 7) is 1.92. The topological polar surface area (TPSA) is 66.4 Å². The highest BCUT2D eigenvalue weighted by atomic mass is 16.4. The molecule has 1 aliphatic rings. The molecule has 4 atom stereocenters. The Morgan fingerprint density at radius 1 is 0.710 bits per heavy atom. The standard InChI is InChI=1S/C27H25NO3/c1-18-10-8-9-15-23(18)28-26(29)24-21(19-11-4-2-5-12-19)16-17-22(25(24)27(30)31)20-13-6-3-7-14-20/h2-17,21-22,24-25H,1H3,(H,28,29)(H,30,31)/t21-,22-,24+,25-/m0/s1. The van der Waals surface area contributed by atoms with Crippen molar-refractivity contribution in [2.75, 3.05) is 5.32 Å². The Morgan fingerprint density at radius 2 is 1.19 bits per heavy atom. The van der Waals surface area contributed by atoms with Gasteiger partial charge in [0.05, 0.1) is 11.8 Å². The van der Waals surface area contributed by atoms with Crippen LogP contribution >= 0.6 is 0 Å². The van der Waals surface area contributed by atoms with Gasteiger partial charge in [-0.3, -0.25) is 9.59 Å². The van der Waals surface area contributed by atoms with Crippen LogP contribution in [0.4, 0.5) is 5.69 Å². The molecule has 0 radical (unpaired) electrons. The first-order valence-electron chi connectivity index (χ1n) is 10.4. The molecule has 31 heavy (non-hydrogen) atoms. The maximum absolute atomic E-state index is 13.6. The van der Waals surface area contributed by atoms with Crippen molar-refractivity contribution in [1.82, 2.24) is 0 Å². The molecule has 4 rings (SSSR count). The number of nitrogens with one attached hydrogen (secondary N) is 1. The van der Waals surface area contributed by atoms with E-state index < -0.39 is 17.8 Å². The van der Waals surface area contributed by atoms with E-state index in [4.69, 9.17) is 0 Å². The molecule has 3 aromatic rings. The molecule has 3 aromatic carbocycles. The number of benzene rings is 3. The molecule has 0 saturated heterocycles. The maximum atomic E-state index is 13.6. The Kier molecular flexibility index (Phi) is 5.99. The van der Waals surface area contributed by atoms with E-state index >= 15 is 0 Å². The number of hydrogen-bond acceptors (Lipinski definition) is 2. The van der Waals surface area contributed by atoms with Crippen LogP contribution in [0.3, 0.4) is 0 Å². The number of aliphatic carboxylic acids is 1. The third-order valence-corrected chi connectivity index (χ3v) is 6.05. The summed E-state index contributed by atoms with van der Waals surface area (Å²) in [5.41, 5.74) is 3.46. The van der Waals surface area contributed by atoms with Crippen molar-refractivity contribution in [2.24, 2.45) is 11.8 Å². The van der Waals surface area contributed by atoms with Gasteiger partial charge in [-0.15, -0.1) is 0 Å². The van der Waals surface area contributed by atoms with Crippen molar-refractivity contribution >= 4 is 17.6 Å². The molecular formula is C27H25NO3. The Hall–Kier alpha value is -3.66. The first-order valence-corrected chi connectivity index (χ1v) is 10.4. The summed E-state index contributed by atoms with van der Waals surface area (Å²) < 4.78 is 0. The predicted octanol–water partition coefficient (Wildman–Crippen LogP) is 5.39. The Balaban J connectivity index is 1.79. The van der Waals surface area contributed by atoms with E-state index in [0.29, 0.717) is 5.69 Å². The van der Waals surface area contributed by atoms with Gasteiger partial charge in [0.1, 0.15) is 0 Å². The van der Waals surface area contributed by atoms with Crippen LogP contribution in [0, 0.1) is 18.8 Å². The third kappa shape index (κ3) is 4.29. The zero-order valence-corrected chi connectivity index (χ0v) is 17.3. The second-order valence-corrected chi connectivity index (χ2v) is 7.95. The number of carboxylic acid groups (broad SMARTS) is 1. The molecule has 0 heterocycles. The van der Waals surface area contributed by atoms with Crippen molar-refractivity contribution < 1.29 is 14.7 Å². The van der Waals surface area contributed by atoms with Crippen molar-refractivity contribution in [3.8, 4) is 0 Å². The highest BCUT2D eigenvalue weighted by molar-refractivity contribution is 5.97. The molecule has 0 spiro atoms. The van der Waals surface area contributed by atoms with Gasteiger partial charge in [-0.2, -0.15) is 0 Å². The summed E-state index contributed by atoms with van der Waals surface area (Å²) in [5, 5.41) is 13.3. The minimum atomic E-state index is -0.968. The predicted molar refractivity (Wildman–Crippen MR) is 122 cm³/mol. The number of aryl methyl sites for hydroxylation is 1. The summed E-state index contributed by atoms with van der Waals surface area (Å²) >= 11 is 0. The fourth-order valence-corrected chi connectivity index (χ4v) is 4.48. The van der Waals surface area contributed by atoms with Gasteiger partial charge < -0.3 is 10.4 Å². The van der Waals surface area contributed by atoms with Crippen molar-refractivity contribution in [1.29, 1.82) is 0 Å². The summed E-state index contributed by atoms with van der Waals surface area (Å²) in [6, 6.07) is 26.7. The molecule has 0 unspecified atom stereocenters. The van der Waals surface area contributed by atoms with Gasteiger partial charge in [0, 0.05) is 17.5 Å². The van der Waals surface area contributed by atoms with Crippen LogP contribution in [-0.4, -0.2) is 17.0 Å². The van der Waals surface area contributed by atoms with Gasteiger partial charge in [0.2, 0.25) is 5.91 Å². The summed E-state index contributed by atoms with van der Waals surface area (Å²) in [6.07, 6.45) is 3.94. The maximum Gasteiger partial charge on any atom is 0.308 e. The number of rotatable bonds is 5. The second kappa shape index (κ2) is 9.00. The van der Waals surface area contributed by atoms with E-state index in [1.54, 1.807) is 0 Å². The first kappa shape index (κ1) is 20.6. The summed E-state index contributed by atoms with van der Waals surface area (Å²) in [5.74, 6) is -3.60. The first-order chi connectivity index (χ1) is 15.1. The number of para-hydroxylation sites is 1. The molecule has 1 amide bonds. The second-order valence-electron chi connectivity index (χ2n) is 7.95. The van der Waals surface area contributed by atoms with Crippen LogP contribution in [0.5, 0.6) is 0 Å². The van der Waals surface area contributed by atoms with Gasteiger partial charge in [-0.25, -0.2) is 0 Å². The molecule has 0 fully saturated rings. The Bertz CT molecular complexity index is 1090. The number of carbonyl (C=O) groups is 2. The monoisotopic (exact) mass is 411 g/mol. The molecule has 0 saturated carbocycles. The molecule has 4 nitrogen and oxygen atoms in total. The quantitative estimate of drug-likeness (QED) is 0.553. The fourth-order valence-electron chi connectivity index (χ4n) is 4.48. The Morgan fingerprint density at radius 3 is 1.71 bits per heavy atom. The molecule has 0 aromatic heterocycles. The minimum Gasteiger partial charge on any atom is -0.481 e. The number of hydrogen-bond donors (Lipinski definition) is 2. The fraction of sp³-hybridized carbons (Fsp3) is 0.185. The average Bonchev–Trinajstić information content (AvgIpc) is 2.80. The molecule has 4 heteroatoms. The molecular weight excluding hydrogens is 386 g/mol. The highest BCUT2D eigenvalue weighted by Gasteiger charge is 2.46. The van der Waals surface area contributed by atoms with Gasteiger partial charge in [-0.1, -0.05) is 91.0 Å². The molecule has 156 valence electrons. The lowest BCUT2D eigenvalue weighted by molar-refractivity contribution is -0.147. The van der Waals surface area contributed by atoms with Gasteiger partial charge in [0.25, 0.3) is 0 Å². The number of allylic oxidation sites excluding steroid dienone is 2. The van der Waals surface area contributed by atoms with Crippen LogP contribution < -0.4 is 5.32 Å². The van der Waals surface area contributed by atoms with Gasteiger partial charge in [0.15, 0.2) is 0 Å². The lowest BCUT2D eigenvalue weighted by atomic mass is 9.66. The van der Waals surface area contributed by atoms with Crippen molar-refractivity contribution in [3.63, 3.8) is 0 Å². The van der Waals surface area contributed by atoms with Crippen LogP contribution in [0.15, 0.2) is 97.1 Å². The van der Waals surface area contributed by atoms with Crippen molar-refractivity contribution in [2.45, 2.75) is 18.8 Å². The number of amides is 1. The normalized spacial score (nSPS) is 22.6. The highest BCUT2D eigenvalue weighted by Crippen LogP contribution is 2.45. The molecule has 0 bridgehead atoms. The lowest BCUT2D eigenvalue weighted by Crippen LogP contribution is -2.42. The number of carbonyl (C=O) groups excluding carboxylic acids is 1. The van der Waals surface area contributed by atoms with Crippen molar-refractivity contribution in [3.05, 3.63) is 114 Å². The average molecular weight is 412 g/mol. The summed E-state index contributed by atoms with van der Waals surface area (Å²) in [7, 11) is 0. The largest absolute Gasteiger partial charge is 0.481 e. The number of carboxylic acids is 1. The van der Waals surface area contributed by atoms with Gasteiger partial charge >= 0.3 is 5.97 Å². The molecule has 2 N–H and O–H groups in total. The van der Waals surface area contributed by atoms with Crippen LogP contribution in [0.1, 0.15) is 28.5 Å². The molecule has 1 aliphatic carbocycles. The SMILES string of the molecule is Cc1ccccc1NC(=O)[C@H]1[C@@H](C(=O)O)[C@H](c2ccccc2)C=C[C@H]1c1ccccc1. The zero-order valence-electron chi connectivity index (χ0n) is 17.3. The van der Waals surface area contributed by atoms with Crippen LogP contribution in [0.25, 0.3) is 0 Å². The zero-order chi connectivity index (χ0) is 21.8. The smallest absolute Gasteiger partial charge is 0.308 e. The lowest BCUT2D eigenvalue weighted by Gasteiger charge is -2.37. The van der Waals surface area contributed by atoms with Crippen LogP contribution in [0.2, 0.25) is 0 Å². The number of anilines is 1. The van der Waals surface area contributed by atoms with E-state index in [0.717, 1.165) is 16.7 Å². The molecule has 0 aliphatic heterocycles.